The minimum atomic E-state index is 0.892. The molecule has 0 heterocycles. The first-order valence-corrected chi connectivity index (χ1v) is 6.94. The van der Waals surface area contributed by atoms with E-state index in [9.17, 15) is 0 Å². The Kier molecular flexibility index (Phi) is 3.80. The van der Waals surface area contributed by atoms with Crippen LogP contribution in [0.3, 0.4) is 0 Å². The number of aryl methyl sites for hydroxylation is 1. The van der Waals surface area contributed by atoms with Gasteiger partial charge in [0.1, 0.15) is 0 Å². The van der Waals surface area contributed by atoms with Gasteiger partial charge in [0.05, 0.1) is 0 Å². The van der Waals surface area contributed by atoms with E-state index < -0.39 is 0 Å². The van der Waals surface area contributed by atoms with Crippen LogP contribution in [0.4, 0.5) is 0 Å². The van der Waals surface area contributed by atoms with Crippen LogP contribution in [0.1, 0.15) is 17.5 Å². The number of rotatable bonds is 2. The quantitative estimate of drug-likeness (QED) is 0.576. The van der Waals surface area contributed by atoms with E-state index in [-0.39, 0.29) is 0 Å². The third kappa shape index (κ3) is 2.90. The highest BCUT2D eigenvalue weighted by Gasteiger charge is 1.98. The van der Waals surface area contributed by atoms with Crippen molar-refractivity contribution in [3.8, 4) is 11.8 Å². The van der Waals surface area contributed by atoms with Gasteiger partial charge in [-0.05, 0) is 34.9 Å². The summed E-state index contributed by atoms with van der Waals surface area (Å²) in [5.74, 6) is 6.48. The summed E-state index contributed by atoms with van der Waals surface area (Å²) in [7, 11) is 0. The average Bonchev–Trinajstić information content (AvgIpc) is 2.53. The predicted molar refractivity (Wildman–Crippen MR) is 85.6 cm³/mol. The lowest BCUT2D eigenvalue weighted by molar-refractivity contribution is 1.04. The molecule has 0 spiro atoms. The Morgan fingerprint density at radius 1 is 0.700 bits per heavy atom. The van der Waals surface area contributed by atoms with Gasteiger partial charge in [0.15, 0.2) is 0 Å². The molecule has 0 fully saturated rings. The minimum Gasteiger partial charge on any atom is -0.0975 e. The summed E-state index contributed by atoms with van der Waals surface area (Å²) in [6, 6.07) is 25.2. The van der Waals surface area contributed by atoms with Crippen molar-refractivity contribution in [2.75, 3.05) is 0 Å². The maximum absolute atomic E-state index is 3.26. The fraction of sp³-hybridized carbons (Fsp3) is 0.100. The Hall–Kier alpha value is -2.52. The predicted octanol–water partition coefficient (Wildman–Crippen LogP) is 4.82. The van der Waals surface area contributed by atoms with Crippen molar-refractivity contribution in [2.45, 2.75) is 12.8 Å². The number of hydrogen-bond acceptors (Lipinski definition) is 0. The molecule has 0 unspecified atom stereocenters. The van der Waals surface area contributed by atoms with Gasteiger partial charge in [-0.15, -0.1) is 0 Å². The molecule has 3 rings (SSSR count). The molecule has 0 radical (unpaired) electrons. The first-order valence-electron chi connectivity index (χ1n) is 6.94. The molecule has 0 N–H and O–H groups in total. The van der Waals surface area contributed by atoms with Crippen molar-refractivity contribution >= 4 is 10.8 Å². The van der Waals surface area contributed by atoms with Crippen molar-refractivity contribution in [1.82, 2.24) is 0 Å². The molecule has 0 aromatic heterocycles. The number of fused-ring (bicyclic) bond motifs is 1. The zero-order valence-corrected chi connectivity index (χ0v) is 11.3. The first-order chi connectivity index (χ1) is 9.93. The van der Waals surface area contributed by atoms with Crippen LogP contribution in [0, 0.1) is 11.8 Å². The Labute approximate surface area is 120 Å². The van der Waals surface area contributed by atoms with Crippen LogP contribution in [0.15, 0.2) is 72.8 Å². The molecular formula is C20H16. The lowest BCUT2D eigenvalue weighted by Gasteiger charge is -2.04. The summed E-state index contributed by atoms with van der Waals surface area (Å²) in [5.41, 5.74) is 2.47. The molecule has 0 heteroatoms. The molecule has 0 bridgehead atoms. The Bertz CT molecular complexity index is 753. The number of hydrogen-bond donors (Lipinski definition) is 0. The summed E-state index contributed by atoms with van der Waals surface area (Å²) in [4.78, 5) is 0. The van der Waals surface area contributed by atoms with Crippen LogP contribution < -0.4 is 0 Å². The van der Waals surface area contributed by atoms with Crippen LogP contribution in [0.2, 0.25) is 0 Å². The van der Waals surface area contributed by atoms with Gasteiger partial charge in [-0.25, -0.2) is 0 Å². The van der Waals surface area contributed by atoms with E-state index in [4.69, 9.17) is 0 Å². The summed E-state index contributed by atoms with van der Waals surface area (Å²) in [6.45, 7) is 0. The summed E-state index contributed by atoms with van der Waals surface area (Å²) in [5, 5.41) is 2.65. The van der Waals surface area contributed by atoms with Crippen LogP contribution in [0.25, 0.3) is 10.8 Å². The van der Waals surface area contributed by atoms with Gasteiger partial charge in [-0.2, -0.15) is 0 Å². The van der Waals surface area contributed by atoms with Crippen molar-refractivity contribution < 1.29 is 0 Å². The molecule has 0 aliphatic carbocycles. The van der Waals surface area contributed by atoms with E-state index in [0.717, 1.165) is 18.4 Å². The Morgan fingerprint density at radius 3 is 2.35 bits per heavy atom. The van der Waals surface area contributed by atoms with Crippen LogP contribution in [0.5, 0.6) is 0 Å². The third-order valence-electron chi connectivity index (χ3n) is 3.41. The smallest absolute Gasteiger partial charge is 0.0245 e. The maximum Gasteiger partial charge on any atom is 0.0245 e. The molecule has 0 atom stereocenters. The lowest BCUT2D eigenvalue weighted by Crippen LogP contribution is -1.86. The van der Waals surface area contributed by atoms with Gasteiger partial charge in [0.25, 0.3) is 0 Å². The van der Waals surface area contributed by atoms with Crippen molar-refractivity contribution in [3.05, 3.63) is 83.9 Å². The molecule has 0 aliphatic rings. The zero-order chi connectivity index (χ0) is 13.6. The van der Waals surface area contributed by atoms with E-state index in [1.54, 1.807) is 0 Å². The molecular weight excluding hydrogens is 240 g/mol. The van der Waals surface area contributed by atoms with Gasteiger partial charge in [0.2, 0.25) is 0 Å². The maximum atomic E-state index is 3.26. The van der Waals surface area contributed by atoms with Gasteiger partial charge in [-0.1, -0.05) is 72.5 Å². The third-order valence-corrected chi connectivity index (χ3v) is 3.41. The Balaban J connectivity index is 1.74. The fourth-order valence-corrected chi connectivity index (χ4v) is 2.39. The molecule has 0 aliphatic heterocycles. The van der Waals surface area contributed by atoms with E-state index in [1.807, 2.05) is 30.3 Å². The van der Waals surface area contributed by atoms with E-state index in [2.05, 4.69) is 54.3 Å². The standard InChI is InChI=1S/C20H16/c1-2-9-17(10-3-1)11-4-5-12-18-14-8-15-19-13-6-7-16-20(18)19/h1-3,6-10,13-16H,5,12H2. The van der Waals surface area contributed by atoms with Crippen molar-refractivity contribution in [3.63, 3.8) is 0 Å². The fourth-order valence-electron chi connectivity index (χ4n) is 2.39. The van der Waals surface area contributed by atoms with Gasteiger partial charge in [0, 0.05) is 12.0 Å². The topological polar surface area (TPSA) is 0 Å². The summed E-state index contributed by atoms with van der Waals surface area (Å²) >= 11 is 0. The van der Waals surface area contributed by atoms with Crippen LogP contribution in [-0.2, 0) is 6.42 Å². The molecule has 20 heavy (non-hydrogen) atoms. The van der Waals surface area contributed by atoms with Crippen molar-refractivity contribution in [2.24, 2.45) is 0 Å². The normalized spacial score (nSPS) is 10.0. The van der Waals surface area contributed by atoms with Gasteiger partial charge in [-0.3, -0.25) is 0 Å². The molecule has 3 aromatic carbocycles. The molecule has 0 amide bonds. The molecule has 0 nitrogen and oxygen atoms in total. The largest absolute Gasteiger partial charge is 0.0975 e. The summed E-state index contributed by atoms with van der Waals surface area (Å²) in [6.07, 6.45) is 1.89. The van der Waals surface area contributed by atoms with E-state index >= 15 is 0 Å². The molecule has 0 saturated carbocycles. The van der Waals surface area contributed by atoms with Crippen molar-refractivity contribution in [1.29, 1.82) is 0 Å². The Morgan fingerprint density at radius 2 is 1.45 bits per heavy atom. The summed E-state index contributed by atoms with van der Waals surface area (Å²) < 4.78 is 0. The zero-order valence-electron chi connectivity index (χ0n) is 11.3. The average molecular weight is 256 g/mol. The lowest BCUT2D eigenvalue weighted by atomic mass is 10.0. The van der Waals surface area contributed by atoms with Crippen LogP contribution >= 0.6 is 0 Å². The molecule has 96 valence electrons. The first kappa shape index (κ1) is 12.5. The van der Waals surface area contributed by atoms with Gasteiger partial charge >= 0.3 is 0 Å². The monoisotopic (exact) mass is 256 g/mol. The second-order valence-electron chi connectivity index (χ2n) is 4.81. The second-order valence-corrected chi connectivity index (χ2v) is 4.81. The molecule has 0 saturated heterocycles. The highest BCUT2D eigenvalue weighted by molar-refractivity contribution is 5.85. The van der Waals surface area contributed by atoms with E-state index in [1.165, 1.54) is 16.3 Å². The second kappa shape index (κ2) is 6.08. The minimum absolute atomic E-state index is 0.892. The highest BCUT2D eigenvalue weighted by Crippen LogP contribution is 2.19. The van der Waals surface area contributed by atoms with Gasteiger partial charge < -0.3 is 0 Å². The molecule has 3 aromatic rings. The van der Waals surface area contributed by atoms with E-state index in [0.29, 0.717) is 0 Å². The van der Waals surface area contributed by atoms with Crippen LogP contribution in [-0.4, -0.2) is 0 Å². The SMILES string of the molecule is C(#Cc1ccccc1)CCc1cccc2ccccc12. The highest BCUT2D eigenvalue weighted by atomic mass is 14.0. The number of benzene rings is 3.